The Labute approximate surface area is 167 Å². The molecular weight excluding hydrogens is 352 g/mol. The molecule has 2 aromatic carbocycles. The highest BCUT2D eigenvalue weighted by molar-refractivity contribution is 7.98. The van der Waals surface area contributed by atoms with Crippen LogP contribution in [0, 0.1) is 0 Å². The maximum absolute atomic E-state index is 12.0. The number of amides is 1. The summed E-state index contributed by atoms with van der Waals surface area (Å²) in [5, 5.41) is 3.04. The quantitative estimate of drug-likeness (QED) is 0.643. The Kier molecular flexibility index (Phi) is 8.25. The number of benzene rings is 2. The van der Waals surface area contributed by atoms with E-state index in [0.29, 0.717) is 13.0 Å². The van der Waals surface area contributed by atoms with E-state index in [2.05, 4.69) is 58.7 Å². The smallest absolute Gasteiger partial charge is 0.221 e. The zero-order valence-corrected chi connectivity index (χ0v) is 16.8. The maximum Gasteiger partial charge on any atom is 0.221 e. The normalized spacial score (nSPS) is 14.8. The fraction of sp³-hybridized carbons (Fsp3) is 0.435. The number of likely N-dealkylation sites (tertiary alicyclic amines) is 1. The number of hydrogen-bond acceptors (Lipinski definition) is 3. The first-order chi connectivity index (χ1) is 13.3. The molecule has 3 rings (SSSR count). The average molecular weight is 383 g/mol. The van der Waals surface area contributed by atoms with Crippen LogP contribution in [-0.2, 0) is 23.6 Å². The molecule has 0 aromatic heterocycles. The Hall–Kier alpha value is -1.78. The fourth-order valence-corrected chi connectivity index (χ4v) is 4.26. The molecule has 0 spiro atoms. The minimum absolute atomic E-state index is 0.132. The van der Waals surface area contributed by atoms with Crippen LogP contribution in [0.1, 0.15) is 42.4 Å². The summed E-state index contributed by atoms with van der Waals surface area (Å²) in [6.07, 6.45) is 4.60. The largest absolute Gasteiger partial charge is 0.352 e. The van der Waals surface area contributed by atoms with Gasteiger partial charge in [-0.05, 0) is 42.6 Å². The van der Waals surface area contributed by atoms with E-state index < -0.39 is 0 Å². The van der Waals surface area contributed by atoms with Crippen molar-refractivity contribution in [2.45, 2.75) is 44.5 Å². The van der Waals surface area contributed by atoms with Gasteiger partial charge in [-0.2, -0.15) is 11.8 Å². The Morgan fingerprint density at radius 1 is 0.889 bits per heavy atom. The Morgan fingerprint density at radius 3 is 2.33 bits per heavy atom. The number of piperidine rings is 1. The number of carbonyl (C=O) groups is 1. The van der Waals surface area contributed by atoms with Gasteiger partial charge >= 0.3 is 0 Å². The second-order valence-corrected chi connectivity index (χ2v) is 8.32. The summed E-state index contributed by atoms with van der Waals surface area (Å²) in [4.78, 5) is 14.6. The van der Waals surface area contributed by atoms with Gasteiger partial charge in [0.1, 0.15) is 0 Å². The van der Waals surface area contributed by atoms with Gasteiger partial charge in [0, 0.05) is 31.0 Å². The molecule has 4 heteroatoms. The molecule has 0 saturated carbocycles. The molecule has 0 bridgehead atoms. The van der Waals surface area contributed by atoms with Crippen LogP contribution in [0.5, 0.6) is 0 Å². The molecule has 0 atom stereocenters. The molecule has 3 nitrogen and oxygen atoms in total. The molecule has 0 aliphatic carbocycles. The van der Waals surface area contributed by atoms with Crippen LogP contribution in [0.2, 0.25) is 0 Å². The number of hydrogen-bond donors (Lipinski definition) is 1. The molecule has 1 N–H and O–H groups in total. The SMILES string of the molecule is O=C(CCSCc1ccccc1)NCc1ccc(CN2CCCCC2)cc1. The van der Waals surface area contributed by atoms with Crippen molar-refractivity contribution in [3.63, 3.8) is 0 Å². The van der Waals surface area contributed by atoms with E-state index in [0.717, 1.165) is 18.1 Å². The first-order valence-corrected chi connectivity index (χ1v) is 11.1. The summed E-state index contributed by atoms with van der Waals surface area (Å²) in [5.74, 6) is 1.95. The Morgan fingerprint density at radius 2 is 1.59 bits per heavy atom. The summed E-state index contributed by atoms with van der Waals surface area (Å²) in [7, 11) is 0. The minimum Gasteiger partial charge on any atom is -0.352 e. The van der Waals surface area contributed by atoms with E-state index in [1.165, 1.54) is 49.0 Å². The molecule has 1 saturated heterocycles. The van der Waals surface area contributed by atoms with E-state index in [-0.39, 0.29) is 5.91 Å². The Bertz CT molecular complexity index is 681. The minimum atomic E-state index is 0.132. The first-order valence-electron chi connectivity index (χ1n) is 9.98. The van der Waals surface area contributed by atoms with E-state index in [1.54, 1.807) is 0 Å². The standard InChI is InChI=1S/C23H30N2OS/c26-23(13-16-27-19-22-7-3-1-4-8-22)24-17-20-9-11-21(12-10-20)18-25-14-5-2-6-15-25/h1,3-4,7-12H,2,5-6,13-19H2,(H,24,26). The summed E-state index contributed by atoms with van der Waals surface area (Å²) >= 11 is 1.81. The molecule has 2 aromatic rings. The van der Waals surface area contributed by atoms with Crippen LogP contribution in [0.15, 0.2) is 54.6 Å². The highest BCUT2D eigenvalue weighted by atomic mass is 32.2. The van der Waals surface area contributed by atoms with Crippen molar-refractivity contribution in [1.82, 2.24) is 10.2 Å². The van der Waals surface area contributed by atoms with E-state index >= 15 is 0 Å². The lowest BCUT2D eigenvalue weighted by Crippen LogP contribution is -2.29. The highest BCUT2D eigenvalue weighted by Gasteiger charge is 2.10. The predicted octanol–water partition coefficient (Wildman–Crippen LogP) is 4.61. The lowest BCUT2D eigenvalue weighted by molar-refractivity contribution is -0.120. The molecule has 0 unspecified atom stereocenters. The van der Waals surface area contributed by atoms with Gasteiger partial charge in [0.05, 0.1) is 0 Å². The van der Waals surface area contributed by atoms with Crippen LogP contribution in [0.25, 0.3) is 0 Å². The van der Waals surface area contributed by atoms with Crippen molar-refractivity contribution in [2.24, 2.45) is 0 Å². The van der Waals surface area contributed by atoms with Crippen molar-refractivity contribution in [2.75, 3.05) is 18.8 Å². The van der Waals surface area contributed by atoms with Gasteiger partial charge in [0.25, 0.3) is 0 Å². The second-order valence-electron chi connectivity index (χ2n) is 7.22. The van der Waals surface area contributed by atoms with Crippen LogP contribution >= 0.6 is 11.8 Å². The molecule has 1 aliphatic rings. The molecule has 1 heterocycles. The third-order valence-corrected chi connectivity index (χ3v) is 5.98. The van der Waals surface area contributed by atoms with Gasteiger partial charge in [-0.1, -0.05) is 61.0 Å². The number of carbonyl (C=O) groups excluding carboxylic acids is 1. The molecule has 144 valence electrons. The van der Waals surface area contributed by atoms with Crippen molar-refractivity contribution in [3.8, 4) is 0 Å². The molecule has 1 aliphatic heterocycles. The molecule has 0 radical (unpaired) electrons. The third-order valence-electron chi connectivity index (χ3n) is 4.95. The van der Waals surface area contributed by atoms with Gasteiger partial charge < -0.3 is 5.32 Å². The van der Waals surface area contributed by atoms with E-state index in [9.17, 15) is 4.79 Å². The van der Waals surface area contributed by atoms with Crippen molar-refractivity contribution >= 4 is 17.7 Å². The van der Waals surface area contributed by atoms with E-state index in [1.807, 2.05) is 17.8 Å². The summed E-state index contributed by atoms with van der Waals surface area (Å²) < 4.78 is 0. The number of rotatable bonds is 9. The number of nitrogens with zero attached hydrogens (tertiary/aromatic N) is 1. The van der Waals surface area contributed by atoms with Crippen molar-refractivity contribution in [1.29, 1.82) is 0 Å². The second kappa shape index (κ2) is 11.2. The van der Waals surface area contributed by atoms with Gasteiger partial charge in [-0.3, -0.25) is 9.69 Å². The fourth-order valence-electron chi connectivity index (χ4n) is 3.36. The molecular formula is C23H30N2OS. The van der Waals surface area contributed by atoms with Crippen LogP contribution in [-0.4, -0.2) is 29.6 Å². The Balaban J connectivity index is 1.31. The molecule has 1 amide bonds. The number of thioether (sulfide) groups is 1. The highest BCUT2D eigenvalue weighted by Crippen LogP contribution is 2.14. The topological polar surface area (TPSA) is 32.3 Å². The lowest BCUT2D eigenvalue weighted by Gasteiger charge is -2.26. The van der Waals surface area contributed by atoms with Crippen LogP contribution in [0.4, 0.5) is 0 Å². The zero-order chi connectivity index (χ0) is 18.7. The zero-order valence-electron chi connectivity index (χ0n) is 16.0. The van der Waals surface area contributed by atoms with E-state index in [4.69, 9.17) is 0 Å². The predicted molar refractivity (Wildman–Crippen MR) is 115 cm³/mol. The maximum atomic E-state index is 12.0. The van der Waals surface area contributed by atoms with Crippen molar-refractivity contribution in [3.05, 3.63) is 71.3 Å². The van der Waals surface area contributed by atoms with Gasteiger partial charge in [-0.25, -0.2) is 0 Å². The van der Waals surface area contributed by atoms with Gasteiger partial charge in [0.2, 0.25) is 5.91 Å². The first kappa shape index (κ1) is 20.0. The summed E-state index contributed by atoms with van der Waals surface area (Å²) in [6.45, 7) is 4.11. The summed E-state index contributed by atoms with van der Waals surface area (Å²) in [5.41, 5.74) is 3.85. The lowest BCUT2D eigenvalue weighted by atomic mass is 10.1. The van der Waals surface area contributed by atoms with Crippen LogP contribution < -0.4 is 5.32 Å². The van der Waals surface area contributed by atoms with Crippen molar-refractivity contribution < 1.29 is 4.79 Å². The number of nitrogens with one attached hydrogen (secondary N) is 1. The van der Waals surface area contributed by atoms with Crippen LogP contribution in [0.3, 0.4) is 0 Å². The van der Waals surface area contributed by atoms with Gasteiger partial charge in [-0.15, -0.1) is 0 Å². The summed E-state index contributed by atoms with van der Waals surface area (Å²) in [6, 6.07) is 19.1. The molecule has 1 fully saturated rings. The molecule has 27 heavy (non-hydrogen) atoms. The third kappa shape index (κ3) is 7.39. The monoisotopic (exact) mass is 382 g/mol. The average Bonchev–Trinajstić information content (AvgIpc) is 2.72. The van der Waals surface area contributed by atoms with Gasteiger partial charge in [0.15, 0.2) is 0 Å².